The summed E-state index contributed by atoms with van der Waals surface area (Å²) in [5.41, 5.74) is 0. The second-order valence-electron chi connectivity index (χ2n) is 2.57. The molecule has 10 heavy (non-hydrogen) atoms. The van der Waals surface area contributed by atoms with Crippen LogP contribution in [0.15, 0.2) is 0 Å². The molecule has 0 spiro atoms. The average molecular weight is 137 g/mol. The highest BCUT2D eigenvalue weighted by atomic mass is 16.1. The maximum atomic E-state index is 9.90. The van der Waals surface area contributed by atoms with Crippen LogP contribution in [0.25, 0.3) is 0 Å². The monoisotopic (exact) mass is 137 g/mol. The van der Waals surface area contributed by atoms with Crippen LogP contribution in [-0.2, 0) is 4.79 Å². The Labute approximate surface area is 61.0 Å². The van der Waals surface area contributed by atoms with E-state index in [0.717, 1.165) is 0 Å². The van der Waals surface area contributed by atoms with E-state index in [1.807, 2.05) is 6.92 Å². The van der Waals surface area contributed by atoms with Crippen molar-refractivity contribution in [3.8, 4) is 11.8 Å². The van der Waals surface area contributed by atoms with E-state index in [2.05, 4.69) is 17.2 Å². The molecular weight excluding hydrogens is 126 g/mol. The van der Waals surface area contributed by atoms with Crippen LogP contribution in [-0.4, -0.2) is 12.5 Å². The largest absolute Gasteiger partial charge is 0.345 e. The first kappa shape index (κ1) is 7.14. The third-order valence-electron chi connectivity index (χ3n) is 1.40. The van der Waals surface area contributed by atoms with E-state index in [1.54, 1.807) is 0 Å². The maximum Gasteiger partial charge on any atom is 0.208 e. The summed E-state index contributed by atoms with van der Waals surface area (Å²) in [6.45, 7) is 1.88. The lowest BCUT2D eigenvalue weighted by molar-refractivity contribution is -0.109. The predicted molar refractivity (Wildman–Crippen MR) is 39.2 cm³/mol. The molecule has 1 rings (SSSR count). The van der Waals surface area contributed by atoms with Gasteiger partial charge in [-0.05, 0) is 19.8 Å². The van der Waals surface area contributed by atoms with Gasteiger partial charge in [-0.2, -0.15) is 0 Å². The number of hydrogen-bond acceptors (Lipinski definition) is 1. The van der Waals surface area contributed by atoms with E-state index < -0.39 is 0 Å². The minimum atomic E-state index is 0.0121. The first-order valence-electron chi connectivity index (χ1n) is 3.53. The molecule has 0 unspecified atom stereocenters. The van der Waals surface area contributed by atoms with E-state index in [4.69, 9.17) is 0 Å². The molecule has 0 aromatic heterocycles. The summed E-state index contributed by atoms with van der Waals surface area (Å²) in [5.74, 6) is 6.64. The number of rotatable bonds is 2. The smallest absolute Gasteiger partial charge is 0.208 e. The molecule has 0 radical (unpaired) electrons. The Balaban J connectivity index is 2.22. The van der Waals surface area contributed by atoms with Crippen LogP contribution >= 0.6 is 0 Å². The predicted octanol–water partition coefficient (Wildman–Crippen LogP) is 0.534. The van der Waals surface area contributed by atoms with Gasteiger partial charge in [-0.1, -0.05) is 11.8 Å². The molecule has 2 heteroatoms. The molecule has 1 fully saturated rings. The van der Waals surface area contributed by atoms with Gasteiger partial charge in [0.25, 0.3) is 0 Å². The van der Waals surface area contributed by atoms with Crippen LogP contribution in [0.5, 0.6) is 0 Å². The zero-order chi connectivity index (χ0) is 7.40. The molecule has 0 heterocycles. The van der Waals surface area contributed by atoms with Crippen molar-refractivity contribution < 1.29 is 4.79 Å². The first-order chi connectivity index (χ1) is 4.83. The maximum absolute atomic E-state index is 9.90. The molecule has 1 amide bonds. The quantitative estimate of drug-likeness (QED) is 0.436. The van der Waals surface area contributed by atoms with Crippen LogP contribution in [0.4, 0.5) is 0 Å². The molecule has 1 N–H and O–H groups in total. The summed E-state index contributed by atoms with van der Waals surface area (Å²) in [6.07, 6.45) is 3.16. The Kier molecular flexibility index (Phi) is 2.33. The second kappa shape index (κ2) is 3.26. The molecule has 1 saturated carbocycles. The van der Waals surface area contributed by atoms with Crippen molar-refractivity contribution in [2.75, 3.05) is 0 Å². The lowest BCUT2D eigenvalue weighted by Gasteiger charge is -1.97. The van der Waals surface area contributed by atoms with E-state index in [1.165, 1.54) is 12.8 Å². The van der Waals surface area contributed by atoms with Crippen molar-refractivity contribution in [2.45, 2.75) is 25.8 Å². The Morgan fingerprint density at radius 2 is 2.40 bits per heavy atom. The molecule has 0 saturated heterocycles. The minimum Gasteiger partial charge on any atom is -0.345 e. The van der Waals surface area contributed by atoms with Gasteiger partial charge in [-0.15, -0.1) is 0 Å². The average Bonchev–Trinajstić information content (AvgIpc) is 2.67. The van der Waals surface area contributed by atoms with Crippen LogP contribution in [0.2, 0.25) is 0 Å². The third kappa shape index (κ3) is 2.54. The molecule has 54 valence electrons. The minimum absolute atomic E-state index is 0.0121. The van der Waals surface area contributed by atoms with Crippen molar-refractivity contribution in [3.05, 3.63) is 0 Å². The van der Waals surface area contributed by atoms with Crippen LogP contribution < -0.4 is 5.32 Å². The summed E-state index contributed by atoms with van der Waals surface area (Å²) in [5, 5.41) is 2.57. The van der Waals surface area contributed by atoms with Gasteiger partial charge in [0.05, 0.1) is 6.04 Å². The zero-order valence-electron chi connectivity index (χ0n) is 6.05. The van der Waals surface area contributed by atoms with Gasteiger partial charge in [0.1, 0.15) is 0 Å². The molecule has 1 aliphatic carbocycles. The fraction of sp³-hybridized carbons (Fsp3) is 0.625. The summed E-state index contributed by atoms with van der Waals surface area (Å²) in [4.78, 5) is 9.90. The van der Waals surface area contributed by atoms with Gasteiger partial charge < -0.3 is 5.32 Å². The number of carbonyl (C=O) groups is 1. The molecule has 1 aliphatic rings. The Bertz CT molecular complexity index is 173. The fourth-order valence-electron chi connectivity index (χ4n) is 0.614. The third-order valence-corrected chi connectivity index (χ3v) is 1.40. The van der Waals surface area contributed by atoms with Crippen LogP contribution in [0.3, 0.4) is 0 Å². The van der Waals surface area contributed by atoms with E-state index in [9.17, 15) is 4.79 Å². The number of carbonyl (C=O) groups excluding carboxylic acids is 1. The standard InChI is InChI=1S/C8H11NO/c1-7(9-6-10)2-3-8-4-5-8/h6-8H,4-5H2,1H3,(H,9,10)/t7-/m1/s1. The summed E-state index contributed by atoms with van der Waals surface area (Å²) < 4.78 is 0. The van der Waals surface area contributed by atoms with Gasteiger partial charge >= 0.3 is 0 Å². The van der Waals surface area contributed by atoms with Crippen molar-refractivity contribution in [3.63, 3.8) is 0 Å². The molecule has 1 atom stereocenters. The van der Waals surface area contributed by atoms with Crippen molar-refractivity contribution >= 4 is 6.41 Å². The lowest BCUT2D eigenvalue weighted by atomic mass is 10.3. The molecule has 0 aromatic carbocycles. The van der Waals surface area contributed by atoms with E-state index in [-0.39, 0.29) is 6.04 Å². The Morgan fingerprint density at radius 1 is 1.70 bits per heavy atom. The molecule has 0 aromatic rings. The number of amides is 1. The first-order valence-corrected chi connectivity index (χ1v) is 3.53. The normalized spacial score (nSPS) is 18.5. The van der Waals surface area contributed by atoms with Gasteiger partial charge in [-0.3, -0.25) is 4.79 Å². The topological polar surface area (TPSA) is 29.1 Å². The van der Waals surface area contributed by atoms with Crippen LogP contribution in [0.1, 0.15) is 19.8 Å². The molecule has 0 bridgehead atoms. The SMILES string of the molecule is C[C@H](C#CC1CC1)NC=O. The second-order valence-corrected chi connectivity index (χ2v) is 2.57. The fourth-order valence-corrected chi connectivity index (χ4v) is 0.614. The summed E-state index contributed by atoms with van der Waals surface area (Å²) in [7, 11) is 0. The highest BCUT2D eigenvalue weighted by molar-refractivity contribution is 5.47. The van der Waals surface area contributed by atoms with Gasteiger partial charge in [-0.25, -0.2) is 0 Å². The number of nitrogens with one attached hydrogen (secondary N) is 1. The van der Waals surface area contributed by atoms with Gasteiger partial charge in [0.15, 0.2) is 0 Å². The highest BCUT2D eigenvalue weighted by Crippen LogP contribution is 2.27. The Morgan fingerprint density at radius 3 is 2.90 bits per heavy atom. The number of hydrogen-bond donors (Lipinski definition) is 1. The van der Waals surface area contributed by atoms with Gasteiger partial charge in [0.2, 0.25) is 6.41 Å². The zero-order valence-corrected chi connectivity index (χ0v) is 6.05. The lowest BCUT2D eigenvalue weighted by Crippen LogP contribution is -2.22. The summed E-state index contributed by atoms with van der Waals surface area (Å²) in [6, 6.07) is 0.0121. The van der Waals surface area contributed by atoms with Crippen molar-refractivity contribution in [2.24, 2.45) is 5.92 Å². The summed E-state index contributed by atoms with van der Waals surface area (Å²) >= 11 is 0. The molecule has 2 nitrogen and oxygen atoms in total. The van der Waals surface area contributed by atoms with E-state index >= 15 is 0 Å². The Hall–Kier alpha value is -0.970. The van der Waals surface area contributed by atoms with E-state index in [0.29, 0.717) is 12.3 Å². The van der Waals surface area contributed by atoms with Crippen molar-refractivity contribution in [1.82, 2.24) is 5.32 Å². The van der Waals surface area contributed by atoms with Crippen LogP contribution in [0, 0.1) is 17.8 Å². The van der Waals surface area contributed by atoms with Crippen molar-refractivity contribution in [1.29, 1.82) is 0 Å². The molecular formula is C8H11NO. The molecule has 0 aliphatic heterocycles. The highest BCUT2D eigenvalue weighted by Gasteiger charge is 2.17. The van der Waals surface area contributed by atoms with Gasteiger partial charge in [0, 0.05) is 5.92 Å².